The number of benzene rings is 2. The van der Waals surface area contributed by atoms with Crippen LogP contribution in [0.25, 0.3) is 0 Å². The van der Waals surface area contributed by atoms with Gasteiger partial charge in [-0.15, -0.1) is 0 Å². The molecule has 0 fully saturated rings. The molecule has 1 amide bonds. The van der Waals surface area contributed by atoms with Gasteiger partial charge in [0.1, 0.15) is 23.4 Å². The molecule has 0 spiro atoms. The minimum atomic E-state index is -0.840. The molecule has 0 radical (unpaired) electrons. The number of hydrogen-bond donors (Lipinski definition) is 2. The van der Waals surface area contributed by atoms with Gasteiger partial charge < -0.3 is 20.1 Å². The molecule has 0 saturated heterocycles. The predicted octanol–water partition coefficient (Wildman–Crippen LogP) is 4.11. The molecule has 5 nitrogen and oxygen atoms in total. The first-order valence-electron chi connectivity index (χ1n) is 10.0. The molecule has 7 heteroatoms. The first kappa shape index (κ1) is 22.2. The van der Waals surface area contributed by atoms with E-state index < -0.39 is 23.1 Å². The summed E-state index contributed by atoms with van der Waals surface area (Å²) in [6.07, 6.45) is 0.770. The van der Waals surface area contributed by atoms with Crippen molar-refractivity contribution in [2.75, 3.05) is 32.2 Å². The van der Waals surface area contributed by atoms with E-state index in [0.29, 0.717) is 13.2 Å². The molecule has 0 aliphatic carbocycles. The van der Waals surface area contributed by atoms with Crippen LogP contribution < -0.4 is 15.4 Å². The summed E-state index contributed by atoms with van der Waals surface area (Å²) < 4.78 is 40.0. The van der Waals surface area contributed by atoms with Crippen LogP contribution in [-0.4, -0.2) is 32.8 Å². The number of halogens is 2. The van der Waals surface area contributed by atoms with Gasteiger partial charge in [-0.1, -0.05) is 19.9 Å². The molecule has 1 heterocycles. The van der Waals surface area contributed by atoms with Crippen LogP contribution in [-0.2, 0) is 21.4 Å². The molecule has 0 aromatic heterocycles. The Morgan fingerprint density at radius 1 is 1.23 bits per heavy atom. The van der Waals surface area contributed by atoms with Gasteiger partial charge in [0.15, 0.2) is 0 Å². The Morgan fingerprint density at radius 2 is 1.93 bits per heavy atom. The minimum Gasteiger partial charge on any atom is -0.494 e. The molecule has 1 atom stereocenters. The number of rotatable bonds is 7. The molecule has 0 bridgehead atoms. The topological polar surface area (TPSA) is 59.6 Å². The number of nitrogens with one attached hydrogen (secondary N) is 2. The number of anilines is 1. The van der Waals surface area contributed by atoms with Gasteiger partial charge in [-0.05, 0) is 48.7 Å². The number of hydrogen-bond acceptors (Lipinski definition) is 4. The molecule has 2 aromatic carbocycles. The Labute approximate surface area is 175 Å². The van der Waals surface area contributed by atoms with Gasteiger partial charge in [-0.3, -0.25) is 4.79 Å². The van der Waals surface area contributed by atoms with E-state index in [0.717, 1.165) is 35.4 Å². The number of fused-ring (bicyclic) bond motifs is 1. The zero-order valence-electron chi connectivity index (χ0n) is 17.8. The molecular weight excluding hydrogens is 390 g/mol. The third-order valence-electron chi connectivity index (χ3n) is 5.23. The molecule has 30 heavy (non-hydrogen) atoms. The van der Waals surface area contributed by atoms with Crippen LogP contribution in [0.15, 0.2) is 30.3 Å². The SMILES string of the molecule is CCOc1ccc2c(c1)CCNC2C(=O)Nc1cc(F)c(C(C)(C)COC)c(F)c1. The summed E-state index contributed by atoms with van der Waals surface area (Å²) in [7, 11) is 1.48. The molecule has 1 aliphatic rings. The lowest BCUT2D eigenvalue weighted by Crippen LogP contribution is -2.38. The number of amides is 1. The van der Waals surface area contributed by atoms with Crippen LogP contribution in [0.5, 0.6) is 5.75 Å². The van der Waals surface area contributed by atoms with Crippen molar-refractivity contribution < 1.29 is 23.0 Å². The fourth-order valence-corrected chi connectivity index (χ4v) is 3.97. The Balaban J connectivity index is 1.82. The van der Waals surface area contributed by atoms with E-state index in [2.05, 4.69) is 10.6 Å². The van der Waals surface area contributed by atoms with Crippen molar-refractivity contribution in [1.29, 1.82) is 0 Å². The summed E-state index contributed by atoms with van der Waals surface area (Å²) in [6.45, 7) is 6.67. The van der Waals surface area contributed by atoms with Crippen molar-refractivity contribution in [1.82, 2.24) is 5.32 Å². The van der Waals surface area contributed by atoms with Crippen molar-refractivity contribution in [3.05, 3.63) is 58.7 Å². The zero-order valence-corrected chi connectivity index (χ0v) is 17.8. The summed E-state index contributed by atoms with van der Waals surface area (Å²) in [5.74, 6) is -1.05. The van der Waals surface area contributed by atoms with Gasteiger partial charge in [0.05, 0.1) is 13.2 Å². The summed E-state index contributed by atoms with van der Waals surface area (Å²) >= 11 is 0. The maximum absolute atomic E-state index is 14.7. The molecule has 2 aromatic rings. The normalized spacial score (nSPS) is 16.1. The standard InChI is InChI=1S/C23H28F2N2O3/c1-5-30-16-6-7-17-14(10-16)8-9-26-21(17)22(28)27-15-11-18(24)20(19(25)12-15)23(2,3)13-29-4/h6-7,10-12,21,26H,5,8-9,13H2,1-4H3,(H,27,28). The van der Waals surface area contributed by atoms with E-state index in [1.165, 1.54) is 7.11 Å². The Morgan fingerprint density at radius 3 is 2.57 bits per heavy atom. The lowest BCUT2D eigenvalue weighted by atomic mass is 9.84. The second kappa shape index (κ2) is 9.10. The average molecular weight is 418 g/mol. The first-order chi connectivity index (χ1) is 14.3. The van der Waals surface area contributed by atoms with Crippen molar-refractivity contribution in [2.45, 2.75) is 38.6 Å². The zero-order chi connectivity index (χ0) is 21.9. The third kappa shape index (κ3) is 4.63. The van der Waals surface area contributed by atoms with Gasteiger partial charge in [0.25, 0.3) is 0 Å². The summed E-state index contributed by atoms with van der Waals surface area (Å²) in [5, 5.41) is 5.81. The largest absolute Gasteiger partial charge is 0.494 e. The average Bonchev–Trinajstić information content (AvgIpc) is 2.66. The van der Waals surface area contributed by atoms with Crippen molar-refractivity contribution in [3.8, 4) is 5.75 Å². The van der Waals surface area contributed by atoms with E-state index in [4.69, 9.17) is 9.47 Å². The van der Waals surface area contributed by atoms with Gasteiger partial charge in [0.2, 0.25) is 5.91 Å². The lowest BCUT2D eigenvalue weighted by Gasteiger charge is -2.27. The van der Waals surface area contributed by atoms with E-state index in [1.807, 2.05) is 25.1 Å². The molecular formula is C23H28F2N2O3. The Kier molecular flexibility index (Phi) is 6.73. The van der Waals surface area contributed by atoms with Crippen LogP contribution in [0.2, 0.25) is 0 Å². The molecule has 162 valence electrons. The highest BCUT2D eigenvalue weighted by molar-refractivity contribution is 5.96. The fraction of sp³-hybridized carbons (Fsp3) is 0.435. The van der Waals surface area contributed by atoms with E-state index in [1.54, 1.807) is 13.8 Å². The predicted molar refractivity (Wildman–Crippen MR) is 112 cm³/mol. The fourth-order valence-electron chi connectivity index (χ4n) is 3.97. The number of ether oxygens (including phenoxy) is 2. The second-order valence-electron chi connectivity index (χ2n) is 8.05. The number of carbonyl (C=O) groups is 1. The van der Waals surface area contributed by atoms with E-state index >= 15 is 0 Å². The maximum atomic E-state index is 14.7. The van der Waals surface area contributed by atoms with E-state index in [-0.39, 0.29) is 23.8 Å². The highest BCUT2D eigenvalue weighted by Gasteiger charge is 2.30. The quantitative estimate of drug-likeness (QED) is 0.710. The van der Waals surface area contributed by atoms with Crippen LogP contribution in [0.3, 0.4) is 0 Å². The smallest absolute Gasteiger partial charge is 0.246 e. The van der Waals surface area contributed by atoms with Crippen LogP contribution in [0.1, 0.15) is 43.5 Å². The maximum Gasteiger partial charge on any atom is 0.246 e. The minimum absolute atomic E-state index is 0.0630. The summed E-state index contributed by atoms with van der Waals surface area (Å²) in [5.41, 5.74) is 1.03. The monoisotopic (exact) mass is 418 g/mol. The Bertz CT molecular complexity index is 908. The molecule has 1 aliphatic heterocycles. The lowest BCUT2D eigenvalue weighted by molar-refractivity contribution is -0.118. The molecule has 2 N–H and O–H groups in total. The molecule has 3 rings (SSSR count). The number of carbonyl (C=O) groups excluding carboxylic acids is 1. The first-order valence-corrected chi connectivity index (χ1v) is 10.0. The molecule has 1 unspecified atom stereocenters. The summed E-state index contributed by atoms with van der Waals surface area (Å²) in [6, 6.07) is 7.30. The highest BCUT2D eigenvalue weighted by atomic mass is 19.1. The second-order valence-corrected chi connectivity index (χ2v) is 8.05. The van der Waals surface area contributed by atoms with Gasteiger partial charge in [0, 0.05) is 30.3 Å². The van der Waals surface area contributed by atoms with E-state index in [9.17, 15) is 13.6 Å². The van der Waals surface area contributed by atoms with Crippen LogP contribution in [0, 0.1) is 11.6 Å². The van der Waals surface area contributed by atoms with Crippen LogP contribution >= 0.6 is 0 Å². The van der Waals surface area contributed by atoms with Crippen molar-refractivity contribution in [2.24, 2.45) is 0 Å². The number of methoxy groups -OCH3 is 1. The van der Waals surface area contributed by atoms with Crippen LogP contribution in [0.4, 0.5) is 14.5 Å². The van der Waals surface area contributed by atoms with Gasteiger partial charge in [-0.2, -0.15) is 0 Å². The van der Waals surface area contributed by atoms with Crippen molar-refractivity contribution in [3.63, 3.8) is 0 Å². The molecule has 0 saturated carbocycles. The Hall–Kier alpha value is -2.51. The van der Waals surface area contributed by atoms with Gasteiger partial charge in [-0.25, -0.2) is 8.78 Å². The summed E-state index contributed by atoms with van der Waals surface area (Å²) in [4.78, 5) is 12.9. The van der Waals surface area contributed by atoms with Gasteiger partial charge >= 0.3 is 0 Å². The third-order valence-corrected chi connectivity index (χ3v) is 5.23. The van der Waals surface area contributed by atoms with Crippen molar-refractivity contribution >= 4 is 11.6 Å². The highest BCUT2D eigenvalue weighted by Crippen LogP contribution is 2.32.